The molecule has 0 saturated heterocycles. The molecule has 0 atom stereocenters. The van der Waals surface area contributed by atoms with Crippen molar-refractivity contribution < 1.29 is 38.1 Å². The van der Waals surface area contributed by atoms with E-state index in [2.05, 4.69) is 18.7 Å². The minimum Gasteiger partial charge on any atom is -0.382 e. The van der Waals surface area contributed by atoms with Gasteiger partial charge in [0.25, 0.3) is 23.6 Å². The van der Waals surface area contributed by atoms with E-state index in [1.54, 1.807) is 31.4 Å². The number of hydrogen-bond acceptors (Lipinski definition) is 9. The van der Waals surface area contributed by atoms with Crippen LogP contribution >= 0.6 is 0 Å². The third-order valence-corrected chi connectivity index (χ3v) is 9.70. The maximum absolute atomic E-state index is 13.6. The molecule has 2 aromatic carbocycles. The van der Waals surface area contributed by atoms with E-state index in [0.717, 1.165) is 37.3 Å². The number of rotatable bonds is 27. The summed E-state index contributed by atoms with van der Waals surface area (Å²) in [6.45, 7) is 11.1. The lowest BCUT2D eigenvalue weighted by molar-refractivity contribution is 0.00148. The Morgan fingerprint density at radius 3 is 1.26 bits per heavy atom. The molecule has 0 fully saturated rings. The number of nitrogens with zero attached hydrogens (tertiary/aromatic N) is 3. The lowest BCUT2D eigenvalue weighted by Gasteiger charge is -2.32. The van der Waals surface area contributed by atoms with Crippen molar-refractivity contribution in [1.29, 1.82) is 0 Å². The molecule has 0 aliphatic carbocycles. The Labute approximate surface area is 297 Å². The first-order valence-electron chi connectivity index (χ1n) is 18.7. The second-order valence-electron chi connectivity index (χ2n) is 13.0. The van der Waals surface area contributed by atoms with Gasteiger partial charge in [0.2, 0.25) is 0 Å². The summed E-state index contributed by atoms with van der Waals surface area (Å²) in [5.74, 6) is -1.66. The fourth-order valence-electron chi connectivity index (χ4n) is 6.78. The highest BCUT2D eigenvalue weighted by Crippen LogP contribution is 2.38. The highest BCUT2D eigenvalue weighted by molar-refractivity contribution is 6.33. The number of carbonyl (C=O) groups excluding carboxylic acids is 4. The van der Waals surface area contributed by atoms with Gasteiger partial charge in [-0.15, -0.1) is 0 Å². The van der Waals surface area contributed by atoms with Crippen molar-refractivity contribution in [3.63, 3.8) is 0 Å². The Balaban J connectivity index is 1.20. The third kappa shape index (κ3) is 10.4. The van der Waals surface area contributed by atoms with E-state index in [-0.39, 0.29) is 25.0 Å². The zero-order valence-electron chi connectivity index (χ0n) is 30.5. The van der Waals surface area contributed by atoms with Crippen LogP contribution in [0.15, 0.2) is 24.3 Å². The summed E-state index contributed by atoms with van der Waals surface area (Å²) in [5, 5.41) is 0.791. The molecular formula is C39H57N3O8. The van der Waals surface area contributed by atoms with Crippen molar-refractivity contribution in [2.45, 2.75) is 78.1 Å². The van der Waals surface area contributed by atoms with Gasteiger partial charge in [0.15, 0.2) is 0 Å². The average Bonchev–Trinajstić information content (AvgIpc) is 3.13. The Kier molecular flexibility index (Phi) is 16.8. The van der Waals surface area contributed by atoms with Gasteiger partial charge >= 0.3 is 0 Å². The molecule has 11 heteroatoms. The van der Waals surface area contributed by atoms with E-state index in [0.29, 0.717) is 79.2 Å². The van der Waals surface area contributed by atoms with Crippen LogP contribution in [0.3, 0.4) is 0 Å². The number of methoxy groups -OCH3 is 1. The molecule has 0 unspecified atom stereocenters. The minimum atomic E-state index is -0.461. The molecule has 4 amide bonds. The smallest absolute Gasteiger partial charge is 0.261 e. The molecule has 0 aromatic heterocycles. The number of unbranched alkanes of at least 4 members (excludes halogenated alkanes) is 9. The van der Waals surface area contributed by atoms with E-state index in [4.69, 9.17) is 18.9 Å². The third-order valence-electron chi connectivity index (χ3n) is 9.70. The summed E-state index contributed by atoms with van der Waals surface area (Å²) < 4.78 is 21.3. The topological polar surface area (TPSA) is 115 Å². The van der Waals surface area contributed by atoms with Crippen LogP contribution in [0.5, 0.6) is 0 Å². The van der Waals surface area contributed by atoms with Crippen molar-refractivity contribution in [3.05, 3.63) is 46.5 Å². The normalized spacial score (nSPS) is 14.2. The molecule has 2 aromatic rings. The van der Waals surface area contributed by atoms with Crippen molar-refractivity contribution in [3.8, 4) is 0 Å². The predicted molar refractivity (Wildman–Crippen MR) is 193 cm³/mol. The van der Waals surface area contributed by atoms with Crippen LogP contribution in [0.1, 0.15) is 119 Å². The van der Waals surface area contributed by atoms with Crippen LogP contribution in [-0.4, -0.2) is 124 Å². The summed E-state index contributed by atoms with van der Waals surface area (Å²) in [4.78, 5) is 59.1. The van der Waals surface area contributed by atoms with Crippen molar-refractivity contribution in [2.75, 3.05) is 86.1 Å². The van der Waals surface area contributed by atoms with E-state index in [9.17, 15) is 19.2 Å². The summed E-state index contributed by atoms with van der Waals surface area (Å²) in [6.07, 6.45) is 11.6. The number of amides is 4. The number of ether oxygens (including phenoxy) is 4. The molecule has 276 valence electrons. The Hall–Kier alpha value is -3.22. The number of benzene rings is 2. The maximum Gasteiger partial charge on any atom is 0.261 e. The van der Waals surface area contributed by atoms with Gasteiger partial charge in [-0.3, -0.25) is 29.0 Å². The molecule has 2 aliphatic rings. The van der Waals surface area contributed by atoms with E-state index in [1.165, 1.54) is 56.4 Å². The van der Waals surface area contributed by atoms with Gasteiger partial charge in [-0.1, -0.05) is 65.2 Å². The molecule has 0 spiro atoms. The molecule has 11 nitrogen and oxygen atoms in total. The number of hydrogen-bond donors (Lipinski definition) is 0. The maximum atomic E-state index is 13.6. The van der Waals surface area contributed by atoms with Crippen LogP contribution < -0.4 is 0 Å². The molecule has 0 N–H and O–H groups in total. The molecule has 0 saturated carbocycles. The summed E-state index contributed by atoms with van der Waals surface area (Å²) in [7, 11) is 1.62. The van der Waals surface area contributed by atoms with Crippen LogP contribution in [0.2, 0.25) is 0 Å². The standard InChI is InChI=1S/C39H57N3O8/c1-4-40(5-2)20-14-12-10-8-6-7-9-11-13-15-21-41-36(43)30-16-18-32-35-33(19-17-31(34(30)35)37(41)44)39(46)42(38(32)45)22-23-48-26-27-50-29-28-49-25-24-47-3/h16-19H,4-15,20-29H2,1-3H3. The molecule has 0 radical (unpaired) electrons. The Morgan fingerprint density at radius 2 is 0.840 bits per heavy atom. The zero-order chi connectivity index (χ0) is 35.7. The quantitative estimate of drug-likeness (QED) is 0.0824. The van der Waals surface area contributed by atoms with Crippen LogP contribution in [-0.2, 0) is 18.9 Å². The SMILES string of the molecule is CCN(CC)CCCCCCCCCCCCN1C(=O)c2ccc3c4c(ccc(c24)C1=O)C(=O)N(CCOCCOCCOCCOC)C3=O. The van der Waals surface area contributed by atoms with Gasteiger partial charge in [-0.05, 0) is 56.7 Å². The second-order valence-corrected chi connectivity index (χ2v) is 13.0. The molecule has 2 heterocycles. The van der Waals surface area contributed by atoms with Gasteiger partial charge < -0.3 is 23.8 Å². The monoisotopic (exact) mass is 695 g/mol. The highest BCUT2D eigenvalue weighted by Gasteiger charge is 2.39. The first-order chi connectivity index (χ1) is 24.4. The molecular weight excluding hydrogens is 638 g/mol. The predicted octanol–water partition coefficient (Wildman–Crippen LogP) is 5.97. The Morgan fingerprint density at radius 1 is 0.480 bits per heavy atom. The van der Waals surface area contributed by atoms with Crippen LogP contribution in [0.4, 0.5) is 0 Å². The average molecular weight is 696 g/mol. The van der Waals surface area contributed by atoms with Gasteiger partial charge in [0.05, 0.1) is 52.8 Å². The summed E-state index contributed by atoms with van der Waals surface area (Å²) >= 11 is 0. The van der Waals surface area contributed by atoms with E-state index < -0.39 is 11.8 Å². The molecule has 50 heavy (non-hydrogen) atoms. The van der Waals surface area contributed by atoms with E-state index in [1.807, 2.05) is 0 Å². The minimum absolute atomic E-state index is 0.0745. The van der Waals surface area contributed by atoms with Crippen LogP contribution in [0, 0.1) is 0 Å². The van der Waals surface area contributed by atoms with Crippen molar-refractivity contribution >= 4 is 34.4 Å². The lowest BCUT2D eigenvalue weighted by Crippen LogP contribution is -2.44. The fourth-order valence-corrected chi connectivity index (χ4v) is 6.78. The largest absolute Gasteiger partial charge is 0.382 e. The first kappa shape index (κ1) is 39.6. The van der Waals surface area contributed by atoms with Gasteiger partial charge in [0.1, 0.15) is 0 Å². The van der Waals surface area contributed by atoms with Gasteiger partial charge in [-0.2, -0.15) is 0 Å². The summed E-state index contributed by atoms with van der Waals surface area (Å²) in [5.41, 5.74) is 1.34. The van der Waals surface area contributed by atoms with Crippen LogP contribution in [0.25, 0.3) is 10.8 Å². The van der Waals surface area contributed by atoms with Crippen molar-refractivity contribution in [2.24, 2.45) is 0 Å². The highest BCUT2D eigenvalue weighted by atomic mass is 16.6. The first-order valence-corrected chi connectivity index (χ1v) is 18.7. The number of imide groups is 2. The van der Waals surface area contributed by atoms with Crippen molar-refractivity contribution in [1.82, 2.24) is 14.7 Å². The lowest BCUT2D eigenvalue weighted by atomic mass is 9.86. The second kappa shape index (κ2) is 21.2. The summed E-state index contributed by atoms with van der Waals surface area (Å²) in [6, 6.07) is 6.45. The Bertz CT molecular complexity index is 1360. The number of carbonyl (C=O) groups is 4. The van der Waals surface area contributed by atoms with E-state index >= 15 is 0 Å². The molecule has 4 rings (SSSR count). The molecule has 2 aliphatic heterocycles. The fraction of sp³-hybridized carbons (Fsp3) is 0.641. The molecule has 0 bridgehead atoms. The van der Waals surface area contributed by atoms with Gasteiger partial charge in [-0.25, -0.2) is 0 Å². The van der Waals surface area contributed by atoms with Gasteiger partial charge in [0, 0.05) is 46.7 Å². The zero-order valence-corrected chi connectivity index (χ0v) is 30.5.